The number of nitrogens with two attached hydrogens (primary N) is 1. The second-order valence-corrected chi connectivity index (χ2v) is 7.23. The number of aromatic nitrogens is 4. The lowest BCUT2D eigenvalue weighted by molar-refractivity contribution is 0.0782. The number of hydrogen-bond donors (Lipinski definition) is 1. The summed E-state index contributed by atoms with van der Waals surface area (Å²) in [7, 11) is 1.78. The molecule has 0 aliphatic heterocycles. The average molecular weight is 439 g/mol. The quantitative estimate of drug-likeness (QED) is 0.636. The highest BCUT2D eigenvalue weighted by molar-refractivity contribution is 5.94. The second kappa shape index (κ2) is 10.5. The molecule has 0 fully saturated rings. The Morgan fingerprint density at radius 2 is 1.97 bits per heavy atom. The van der Waals surface area contributed by atoms with E-state index in [1.165, 1.54) is 0 Å². The van der Waals surface area contributed by atoms with Crippen LogP contribution in [0.15, 0.2) is 36.7 Å². The number of hydrogen-bond acceptors (Lipinski definition) is 5. The van der Waals surface area contributed by atoms with E-state index >= 15 is 0 Å². The second-order valence-electron chi connectivity index (χ2n) is 7.23. The molecular weight excluding hydrogens is 411 g/mol. The van der Waals surface area contributed by atoms with Crippen molar-refractivity contribution in [2.75, 3.05) is 13.6 Å². The van der Waals surface area contributed by atoms with Gasteiger partial charge in [-0.3, -0.25) is 9.78 Å². The first-order valence-corrected chi connectivity index (χ1v) is 9.16. The number of nitrogens with zero attached hydrogens (tertiary/aromatic N) is 5. The first-order chi connectivity index (χ1) is 12.9. The normalized spacial score (nSPS) is 11.7. The zero-order chi connectivity index (χ0) is 19.6. The highest BCUT2D eigenvalue weighted by atomic mass is 35.5. The molecule has 0 aliphatic carbocycles. The third kappa shape index (κ3) is 5.23. The summed E-state index contributed by atoms with van der Waals surface area (Å²) in [5.41, 5.74) is 8.04. The minimum atomic E-state index is -0.142. The highest BCUT2D eigenvalue weighted by Gasteiger charge is 2.22. The van der Waals surface area contributed by atoms with Crippen LogP contribution in [-0.2, 0) is 0 Å². The smallest absolute Gasteiger partial charge is 0.276 e. The zero-order valence-electron chi connectivity index (χ0n) is 17.1. The molecule has 1 amide bonds. The number of pyridine rings is 1. The van der Waals surface area contributed by atoms with Crippen molar-refractivity contribution in [1.29, 1.82) is 0 Å². The number of benzene rings is 1. The molecule has 158 valence electrons. The van der Waals surface area contributed by atoms with Gasteiger partial charge >= 0.3 is 0 Å². The Morgan fingerprint density at radius 1 is 1.24 bits per heavy atom. The van der Waals surface area contributed by atoms with E-state index < -0.39 is 0 Å². The van der Waals surface area contributed by atoms with Gasteiger partial charge in [0, 0.05) is 42.8 Å². The van der Waals surface area contributed by atoms with Gasteiger partial charge in [-0.05, 0) is 31.4 Å². The summed E-state index contributed by atoms with van der Waals surface area (Å²) < 4.78 is 1.71. The van der Waals surface area contributed by atoms with Crippen LogP contribution < -0.4 is 5.73 Å². The number of rotatable bonds is 6. The van der Waals surface area contributed by atoms with Crippen molar-refractivity contribution in [1.82, 2.24) is 24.9 Å². The third-order valence-electron chi connectivity index (χ3n) is 4.98. The van der Waals surface area contributed by atoms with Crippen LogP contribution in [0.2, 0.25) is 0 Å². The van der Waals surface area contributed by atoms with Crippen molar-refractivity contribution in [3.8, 4) is 5.69 Å². The molecule has 0 saturated carbocycles. The van der Waals surface area contributed by atoms with Gasteiger partial charge < -0.3 is 10.6 Å². The minimum Gasteiger partial charge on any atom is -0.340 e. The average Bonchev–Trinajstić information content (AvgIpc) is 3.05. The third-order valence-corrected chi connectivity index (χ3v) is 4.98. The van der Waals surface area contributed by atoms with E-state index in [2.05, 4.69) is 29.1 Å². The summed E-state index contributed by atoms with van der Waals surface area (Å²) in [5.74, 6) is 0.244. The molecule has 0 saturated heterocycles. The van der Waals surface area contributed by atoms with Gasteiger partial charge in [0.05, 0.1) is 11.4 Å². The summed E-state index contributed by atoms with van der Waals surface area (Å²) in [6.07, 6.45) is 4.31. The number of carbonyl (C=O) groups excluding carboxylic acids is 1. The molecule has 3 rings (SSSR count). The lowest BCUT2D eigenvalue weighted by Gasteiger charge is -2.21. The molecule has 3 aromatic rings. The Bertz CT molecular complexity index is 954. The molecular formula is C20H28Cl2N6O. The highest BCUT2D eigenvalue weighted by Crippen LogP contribution is 2.22. The van der Waals surface area contributed by atoms with Gasteiger partial charge in [-0.2, -0.15) is 0 Å². The van der Waals surface area contributed by atoms with E-state index in [1.54, 1.807) is 22.8 Å². The van der Waals surface area contributed by atoms with Crippen LogP contribution in [-0.4, -0.2) is 50.4 Å². The van der Waals surface area contributed by atoms with Crippen LogP contribution in [0.3, 0.4) is 0 Å². The summed E-state index contributed by atoms with van der Waals surface area (Å²) in [6, 6.07) is 7.91. The predicted molar refractivity (Wildman–Crippen MR) is 120 cm³/mol. The van der Waals surface area contributed by atoms with E-state index in [4.69, 9.17) is 5.73 Å². The maximum atomic E-state index is 12.8. The largest absolute Gasteiger partial charge is 0.340 e. The van der Waals surface area contributed by atoms with Gasteiger partial charge in [0.25, 0.3) is 5.91 Å². The van der Waals surface area contributed by atoms with Gasteiger partial charge in [0.1, 0.15) is 0 Å². The molecule has 1 atom stereocenters. The fourth-order valence-electron chi connectivity index (χ4n) is 3.00. The lowest BCUT2D eigenvalue weighted by atomic mass is 10.0. The maximum absolute atomic E-state index is 12.8. The minimum absolute atomic E-state index is 0. The fraction of sp³-hybridized carbons (Fsp3) is 0.400. The number of fused-ring (bicyclic) bond motifs is 1. The molecule has 9 heteroatoms. The predicted octanol–water partition coefficient (Wildman–Crippen LogP) is 3.41. The molecule has 1 aromatic carbocycles. The van der Waals surface area contributed by atoms with Crippen molar-refractivity contribution in [3.05, 3.63) is 48.0 Å². The summed E-state index contributed by atoms with van der Waals surface area (Å²) >= 11 is 0. The van der Waals surface area contributed by atoms with E-state index in [-0.39, 0.29) is 36.8 Å². The fourth-order valence-corrected chi connectivity index (χ4v) is 3.00. The lowest BCUT2D eigenvalue weighted by Crippen LogP contribution is -2.35. The molecule has 0 bridgehead atoms. The summed E-state index contributed by atoms with van der Waals surface area (Å²) in [4.78, 5) is 18.6. The van der Waals surface area contributed by atoms with Crippen LogP contribution >= 0.6 is 24.8 Å². The molecule has 2 aromatic heterocycles. The van der Waals surface area contributed by atoms with Crippen LogP contribution in [0.4, 0.5) is 0 Å². The Labute approximate surface area is 183 Å². The van der Waals surface area contributed by atoms with Crippen LogP contribution in [0, 0.1) is 12.8 Å². The number of halogens is 2. The summed E-state index contributed by atoms with van der Waals surface area (Å²) in [5, 5.41) is 10.4. The molecule has 0 radical (unpaired) electrons. The molecule has 0 spiro atoms. The van der Waals surface area contributed by atoms with E-state index in [1.807, 2.05) is 37.4 Å². The van der Waals surface area contributed by atoms with Gasteiger partial charge in [-0.1, -0.05) is 31.2 Å². The Hall–Kier alpha value is -2.22. The van der Waals surface area contributed by atoms with Crippen LogP contribution in [0.1, 0.15) is 36.5 Å². The summed E-state index contributed by atoms with van der Waals surface area (Å²) in [6.45, 7) is 6.62. The number of amides is 1. The van der Waals surface area contributed by atoms with Crippen molar-refractivity contribution in [2.45, 2.75) is 33.2 Å². The first-order valence-electron chi connectivity index (χ1n) is 9.16. The molecule has 0 aliphatic rings. The van der Waals surface area contributed by atoms with E-state index in [0.29, 0.717) is 23.9 Å². The topological polar surface area (TPSA) is 89.9 Å². The maximum Gasteiger partial charge on any atom is 0.276 e. The Balaban J connectivity index is 0.00000210. The van der Waals surface area contributed by atoms with Crippen molar-refractivity contribution in [2.24, 2.45) is 11.7 Å². The first kappa shape index (κ1) is 24.8. The van der Waals surface area contributed by atoms with Crippen LogP contribution in [0.25, 0.3) is 16.5 Å². The van der Waals surface area contributed by atoms with Gasteiger partial charge in [-0.25, -0.2) is 4.68 Å². The molecule has 1 unspecified atom stereocenters. The molecule has 7 nitrogen and oxygen atoms in total. The Kier molecular flexibility index (Phi) is 9.01. The zero-order valence-corrected chi connectivity index (χ0v) is 18.7. The van der Waals surface area contributed by atoms with Crippen molar-refractivity contribution in [3.63, 3.8) is 0 Å². The van der Waals surface area contributed by atoms with Gasteiger partial charge in [-0.15, -0.1) is 29.9 Å². The SMILES string of the molecule is Cc1c(C(=O)N(C)CCC(N)C(C)C)nnn1-c1cccc2cnccc12.Cl.Cl. The van der Waals surface area contributed by atoms with Gasteiger partial charge in [0.2, 0.25) is 0 Å². The molecule has 2 N–H and O–H groups in total. The number of carbonyl (C=O) groups is 1. The van der Waals surface area contributed by atoms with E-state index in [0.717, 1.165) is 22.9 Å². The monoisotopic (exact) mass is 438 g/mol. The van der Waals surface area contributed by atoms with Crippen LogP contribution in [0.5, 0.6) is 0 Å². The van der Waals surface area contributed by atoms with E-state index in [9.17, 15) is 4.79 Å². The van der Waals surface area contributed by atoms with Crippen molar-refractivity contribution < 1.29 is 4.79 Å². The van der Waals surface area contributed by atoms with Crippen molar-refractivity contribution >= 4 is 41.5 Å². The van der Waals surface area contributed by atoms with Gasteiger partial charge in [0.15, 0.2) is 5.69 Å². The Morgan fingerprint density at radius 3 is 2.66 bits per heavy atom. The molecule has 2 heterocycles. The standard InChI is InChI=1S/C20H26N6O.2ClH/c1-13(2)17(21)9-11-25(4)20(27)19-14(3)26(24-23-19)18-7-5-6-15-12-22-10-8-16(15)18;;/h5-8,10,12-13,17H,9,11,21H2,1-4H3;2*1H. The molecule has 29 heavy (non-hydrogen) atoms.